The van der Waals surface area contributed by atoms with Crippen LogP contribution in [0.25, 0.3) is 0 Å². The van der Waals surface area contributed by atoms with E-state index in [0.29, 0.717) is 6.42 Å². The molecule has 0 bridgehead atoms. The fraction of sp³-hybridized carbons (Fsp3) is 0.263. The summed E-state index contributed by atoms with van der Waals surface area (Å²) < 4.78 is 0. The van der Waals surface area contributed by atoms with Crippen LogP contribution in [0, 0.1) is 0 Å². The summed E-state index contributed by atoms with van der Waals surface area (Å²) in [6.45, 7) is 0.845. The van der Waals surface area contributed by atoms with E-state index in [0.717, 1.165) is 30.8 Å². The highest BCUT2D eigenvalue weighted by molar-refractivity contribution is 5.91. The third kappa shape index (κ3) is 3.82. The number of hydrogen-bond donors (Lipinski definition) is 1. The number of benzene rings is 1. The predicted octanol–water partition coefficient (Wildman–Crippen LogP) is 3.24. The van der Waals surface area contributed by atoms with Crippen molar-refractivity contribution in [3.05, 3.63) is 77.8 Å². The Hall–Kier alpha value is -2.42. The number of nitrogens with one attached hydrogen (secondary N) is 1. The minimum absolute atomic E-state index is 0.184. The van der Waals surface area contributed by atoms with E-state index in [1.54, 1.807) is 12.3 Å². The van der Waals surface area contributed by atoms with E-state index in [-0.39, 0.29) is 11.7 Å². The number of ketones is 1. The molecule has 0 fully saturated rings. The molecule has 1 aromatic carbocycles. The molecule has 0 radical (unpaired) electrons. The fourth-order valence-electron chi connectivity index (χ4n) is 2.85. The Morgan fingerprint density at radius 2 is 1.86 bits per heavy atom. The summed E-state index contributed by atoms with van der Waals surface area (Å²) in [5, 5.41) is 3.41. The van der Waals surface area contributed by atoms with Crippen LogP contribution in [-0.2, 0) is 11.2 Å². The van der Waals surface area contributed by atoms with Gasteiger partial charge in [0.05, 0.1) is 0 Å². The maximum absolute atomic E-state index is 11.9. The van der Waals surface area contributed by atoms with Crippen LogP contribution in [0.15, 0.2) is 66.5 Å². The lowest BCUT2D eigenvalue weighted by atomic mass is 9.88. The largest absolute Gasteiger partial charge is 0.388 e. The second kappa shape index (κ2) is 7.03. The van der Waals surface area contributed by atoms with Gasteiger partial charge in [0.1, 0.15) is 0 Å². The van der Waals surface area contributed by atoms with E-state index in [1.807, 2.05) is 24.3 Å². The molecule has 0 spiro atoms. The maximum atomic E-state index is 11.9. The molecule has 1 atom stereocenters. The normalized spacial score (nSPS) is 17.9. The molecule has 22 heavy (non-hydrogen) atoms. The summed E-state index contributed by atoms with van der Waals surface area (Å²) in [7, 11) is 0. The minimum atomic E-state index is 0.184. The van der Waals surface area contributed by atoms with Gasteiger partial charge in [-0.1, -0.05) is 36.4 Å². The van der Waals surface area contributed by atoms with Crippen LogP contribution in [-0.4, -0.2) is 17.3 Å². The van der Waals surface area contributed by atoms with E-state index >= 15 is 0 Å². The van der Waals surface area contributed by atoms with Crippen LogP contribution < -0.4 is 5.32 Å². The van der Waals surface area contributed by atoms with Gasteiger partial charge in [-0.2, -0.15) is 0 Å². The van der Waals surface area contributed by atoms with Crippen molar-refractivity contribution in [2.24, 2.45) is 0 Å². The highest BCUT2D eigenvalue weighted by Crippen LogP contribution is 2.28. The first-order chi connectivity index (χ1) is 10.8. The molecule has 3 heteroatoms. The third-order valence-corrected chi connectivity index (χ3v) is 3.96. The summed E-state index contributed by atoms with van der Waals surface area (Å²) >= 11 is 0. The zero-order valence-electron chi connectivity index (χ0n) is 12.5. The van der Waals surface area contributed by atoms with Crippen molar-refractivity contribution in [1.82, 2.24) is 10.3 Å². The molecule has 2 aromatic rings. The Morgan fingerprint density at radius 3 is 2.64 bits per heavy atom. The van der Waals surface area contributed by atoms with Crippen LogP contribution in [0.2, 0.25) is 0 Å². The van der Waals surface area contributed by atoms with Gasteiger partial charge in [0.15, 0.2) is 5.78 Å². The van der Waals surface area contributed by atoms with Crippen molar-refractivity contribution < 1.29 is 4.79 Å². The van der Waals surface area contributed by atoms with Crippen molar-refractivity contribution in [2.45, 2.75) is 25.2 Å². The molecule has 112 valence electrons. The molecule has 1 heterocycles. The van der Waals surface area contributed by atoms with E-state index in [9.17, 15) is 4.79 Å². The maximum Gasteiger partial charge on any atom is 0.158 e. The summed E-state index contributed by atoms with van der Waals surface area (Å²) in [4.78, 5) is 16.3. The highest BCUT2D eigenvalue weighted by Gasteiger charge is 2.22. The quantitative estimate of drug-likeness (QED) is 0.920. The fourth-order valence-corrected chi connectivity index (χ4v) is 2.85. The molecule has 1 N–H and O–H groups in total. The first-order valence-corrected chi connectivity index (χ1v) is 7.73. The topological polar surface area (TPSA) is 42.0 Å². The molecular weight excluding hydrogens is 272 g/mol. The van der Waals surface area contributed by atoms with E-state index < -0.39 is 0 Å². The van der Waals surface area contributed by atoms with Gasteiger partial charge in [0, 0.05) is 42.5 Å². The molecule has 1 aliphatic rings. The lowest BCUT2D eigenvalue weighted by molar-refractivity contribution is -0.115. The average Bonchev–Trinajstić information content (AvgIpc) is 2.56. The lowest BCUT2D eigenvalue weighted by Gasteiger charge is -2.22. The standard InChI is InChI=1S/C19H20N2O/c22-18-13-16(19-8-4-5-10-21-19)12-17(14-18)20-11-9-15-6-2-1-3-7-15/h1-8,10,14,16,20H,9,11-13H2. The highest BCUT2D eigenvalue weighted by atomic mass is 16.1. The van der Waals surface area contributed by atoms with Crippen LogP contribution >= 0.6 is 0 Å². The minimum Gasteiger partial charge on any atom is -0.388 e. The molecule has 0 saturated carbocycles. The number of allylic oxidation sites excluding steroid dienone is 2. The third-order valence-electron chi connectivity index (χ3n) is 3.96. The van der Waals surface area contributed by atoms with Gasteiger partial charge >= 0.3 is 0 Å². The first kappa shape index (κ1) is 14.5. The van der Waals surface area contributed by atoms with E-state index in [1.165, 1.54) is 5.56 Å². The van der Waals surface area contributed by atoms with E-state index in [2.05, 4.69) is 34.6 Å². The zero-order chi connectivity index (χ0) is 15.2. The zero-order valence-corrected chi connectivity index (χ0v) is 12.5. The summed E-state index contributed by atoms with van der Waals surface area (Å²) in [6.07, 6.45) is 5.92. The average molecular weight is 292 g/mol. The SMILES string of the molecule is O=C1C=C(NCCc2ccccc2)CC(c2ccccn2)C1. The number of nitrogens with zero attached hydrogens (tertiary/aromatic N) is 1. The molecule has 0 aliphatic heterocycles. The molecule has 0 saturated heterocycles. The van der Waals surface area contributed by atoms with Gasteiger partial charge in [0.2, 0.25) is 0 Å². The van der Waals surface area contributed by atoms with Crippen molar-refractivity contribution >= 4 is 5.78 Å². The number of aromatic nitrogens is 1. The number of carbonyl (C=O) groups excluding carboxylic acids is 1. The van der Waals surface area contributed by atoms with Gasteiger partial charge in [-0.15, -0.1) is 0 Å². The molecule has 0 amide bonds. The molecule has 1 unspecified atom stereocenters. The van der Waals surface area contributed by atoms with Crippen LogP contribution in [0.1, 0.15) is 30.0 Å². The van der Waals surface area contributed by atoms with Crippen LogP contribution in [0.3, 0.4) is 0 Å². The summed E-state index contributed by atoms with van der Waals surface area (Å²) in [6, 6.07) is 16.3. The molecule has 3 rings (SSSR count). The van der Waals surface area contributed by atoms with Crippen LogP contribution in [0.5, 0.6) is 0 Å². The van der Waals surface area contributed by atoms with E-state index in [4.69, 9.17) is 0 Å². The Bertz CT molecular complexity index is 650. The Balaban J connectivity index is 1.58. The second-order valence-corrected chi connectivity index (χ2v) is 5.66. The number of rotatable bonds is 5. The monoisotopic (exact) mass is 292 g/mol. The Labute approximate surface area is 131 Å². The molecule has 1 aliphatic carbocycles. The summed E-state index contributed by atoms with van der Waals surface area (Å²) in [5.74, 6) is 0.377. The second-order valence-electron chi connectivity index (χ2n) is 5.66. The van der Waals surface area contributed by atoms with Gasteiger partial charge in [-0.25, -0.2) is 0 Å². The van der Waals surface area contributed by atoms with Crippen LogP contribution in [0.4, 0.5) is 0 Å². The lowest BCUT2D eigenvalue weighted by Crippen LogP contribution is -2.24. The Morgan fingerprint density at radius 1 is 1.05 bits per heavy atom. The van der Waals surface area contributed by atoms with Crippen molar-refractivity contribution in [2.75, 3.05) is 6.54 Å². The summed E-state index contributed by atoms with van der Waals surface area (Å²) in [5.41, 5.74) is 3.34. The van der Waals surface area contributed by atoms with Crippen molar-refractivity contribution in [3.63, 3.8) is 0 Å². The smallest absolute Gasteiger partial charge is 0.158 e. The molecule has 3 nitrogen and oxygen atoms in total. The number of carbonyl (C=O) groups is 1. The number of pyridine rings is 1. The number of hydrogen-bond acceptors (Lipinski definition) is 3. The predicted molar refractivity (Wildman–Crippen MR) is 87.5 cm³/mol. The Kier molecular flexibility index (Phi) is 4.64. The van der Waals surface area contributed by atoms with Crippen molar-refractivity contribution in [1.29, 1.82) is 0 Å². The van der Waals surface area contributed by atoms with Crippen molar-refractivity contribution in [3.8, 4) is 0 Å². The van der Waals surface area contributed by atoms with Gasteiger partial charge in [-0.05, 0) is 30.5 Å². The molecule has 1 aromatic heterocycles. The van der Waals surface area contributed by atoms with Gasteiger partial charge < -0.3 is 5.32 Å². The van der Waals surface area contributed by atoms with Gasteiger partial charge in [0.25, 0.3) is 0 Å². The van der Waals surface area contributed by atoms with Gasteiger partial charge in [-0.3, -0.25) is 9.78 Å². The molecular formula is C19H20N2O. The first-order valence-electron chi connectivity index (χ1n) is 7.73.